The molecule has 19 heavy (non-hydrogen) atoms. The average Bonchev–Trinajstić information content (AvgIpc) is 2.85. The van der Waals surface area contributed by atoms with E-state index in [9.17, 15) is 4.79 Å². The number of amides is 1. The molecule has 0 fully saturated rings. The van der Waals surface area contributed by atoms with Gasteiger partial charge in [-0.15, -0.1) is 11.3 Å². The number of hydrogen-bond donors (Lipinski definition) is 2. The first-order valence-corrected chi connectivity index (χ1v) is 6.57. The Labute approximate surface area is 115 Å². The number of carbonyl (C=O) groups is 1. The van der Waals surface area contributed by atoms with Gasteiger partial charge in [0.2, 0.25) is 0 Å². The summed E-state index contributed by atoms with van der Waals surface area (Å²) in [4.78, 5) is 17.7. The van der Waals surface area contributed by atoms with Gasteiger partial charge < -0.3 is 15.3 Å². The first kappa shape index (κ1) is 13.4. The zero-order chi connectivity index (χ0) is 13.8. The summed E-state index contributed by atoms with van der Waals surface area (Å²) in [6.07, 6.45) is 0.681. The van der Waals surface area contributed by atoms with Gasteiger partial charge in [0.15, 0.2) is 0 Å². The van der Waals surface area contributed by atoms with Crippen molar-refractivity contribution in [1.29, 1.82) is 0 Å². The summed E-state index contributed by atoms with van der Waals surface area (Å²) in [7, 11) is 3.99. The molecule has 0 unspecified atom stereocenters. The standard InChI is InChI=1S/C13H15N3O2S/c1-16(2)10-5-3-9(4-6-10)12-14-7-11(19-12)8-15-13(17)18/h3-7,15H,8H2,1-2H3,(H,17,18). The molecule has 0 radical (unpaired) electrons. The van der Waals surface area contributed by atoms with Gasteiger partial charge >= 0.3 is 6.09 Å². The number of benzene rings is 1. The molecular formula is C13H15N3O2S. The molecule has 0 bridgehead atoms. The minimum Gasteiger partial charge on any atom is -0.465 e. The van der Waals surface area contributed by atoms with Gasteiger partial charge in [0.1, 0.15) is 5.01 Å². The van der Waals surface area contributed by atoms with Crippen molar-refractivity contribution >= 4 is 23.1 Å². The highest BCUT2D eigenvalue weighted by Gasteiger charge is 2.06. The average molecular weight is 277 g/mol. The van der Waals surface area contributed by atoms with Crippen molar-refractivity contribution in [3.05, 3.63) is 35.3 Å². The van der Waals surface area contributed by atoms with Crippen LogP contribution in [-0.2, 0) is 6.54 Å². The van der Waals surface area contributed by atoms with E-state index in [2.05, 4.69) is 10.3 Å². The Morgan fingerprint density at radius 2 is 2.05 bits per heavy atom. The Kier molecular flexibility index (Phi) is 4.01. The van der Waals surface area contributed by atoms with Gasteiger partial charge in [0.05, 0.1) is 6.54 Å². The minimum atomic E-state index is -1.02. The highest BCUT2D eigenvalue weighted by Crippen LogP contribution is 2.26. The maximum Gasteiger partial charge on any atom is 0.404 e. The summed E-state index contributed by atoms with van der Waals surface area (Å²) in [6, 6.07) is 8.10. The number of nitrogens with one attached hydrogen (secondary N) is 1. The van der Waals surface area contributed by atoms with Crippen LogP contribution in [0.15, 0.2) is 30.5 Å². The van der Waals surface area contributed by atoms with Gasteiger partial charge in [-0.1, -0.05) is 0 Å². The molecule has 100 valence electrons. The highest BCUT2D eigenvalue weighted by atomic mass is 32.1. The van der Waals surface area contributed by atoms with Crippen LogP contribution in [0.5, 0.6) is 0 Å². The van der Waals surface area contributed by atoms with Crippen LogP contribution in [0.3, 0.4) is 0 Å². The highest BCUT2D eigenvalue weighted by molar-refractivity contribution is 7.15. The van der Waals surface area contributed by atoms with Crippen LogP contribution in [-0.4, -0.2) is 30.3 Å². The molecule has 5 nitrogen and oxygen atoms in total. The third kappa shape index (κ3) is 3.45. The lowest BCUT2D eigenvalue weighted by Crippen LogP contribution is -2.19. The van der Waals surface area contributed by atoms with E-state index in [0.29, 0.717) is 6.54 Å². The number of thiazole rings is 1. The zero-order valence-corrected chi connectivity index (χ0v) is 11.6. The van der Waals surface area contributed by atoms with Crippen LogP contribution in [0.4, 0.5) is 10.5 Å². The molecule has 1 aromatic carbocycles. The maximum atomic E-state index is 10.4. The molecule has 2 rings (SSSR count). The summed E-state index contributed by atoms with van der Waals surface area (Å²) in [5.41, 5.74) is 2.17. The van der Waals surface area contributed by atoms with E-state index in [1.165, 1.54) is 11.3 Å². The first-order valence-electron chi connectivity index (χ1n) is 5.75. The SMILES string of the molecule is CN(C)c1ccc(-c2ncc(CNC(=O)O)s2)cc1. The second-order valence-corrected chi connectivity index (χ2v) is 5.35. The minimum absolute atomic E-state index is 0.294. The van der Waals surface area contributed by atoms with E-state index in [-0.39, 0.29) is 0 Å². The third-order valence-electron chi connectivity index (χ3n) is 2.60. The largest absolute Gasteiger partial charge is 0.465 e. The number of aromatic nitrogens is 1. The molecule has 0 aliphatic rings. The van der Waals surface area contributed by atoms with Gasteiger partial charge in [-0.05, 0) is 24.3 Å². The summed E-state index contributed by atoms with van der Waals surface area (Å²) in [5.74, 6) is 0. The Morgan fingerprint density at radius 1 is 1.37 bits per heavy atom. The van der Waals surface area contributed by atoms with Gasteiger partial charge in [0, 0.05) is 36.4 Å². The monoisotopic (exact) mass is 277 g/mol. The first-order chi connectivity index (χ1) is 9.06. The van der Waals surface area contributed by atoms with Crippen molar-refractivity contribution < 1.29 is 9.90 Å². The Hall–Kier alpha value is -2.08. The number of carboxylic acid groups (broad SMARTS) is 1. The van der Waals surface area contributed by atoms with Crippen LogP contribution in [0.2, 0.25) is 0 Å². The number of anilines is 1. The Morgan fingerprint density at radius 3 is 2.63 bits per heavy atom. The number of hydrogen-bond acceptors (Lipinski definition) is 4. The van der Waals surface area contributed by atoms with E-state index < -0.39 is 6.09 Å². The van der Waals surface area contributed by atoms with Gasteiger partial charge in [0.25, 0.3) is 0 Å². The van der Waals surface area contributed by atoms with Gasteiger partial charge in [-0.3, -0.25) is 0 Å². The third-order valence-corrected chi connectivity index (χ3v) is 3.64. The van der Waals surface area contributed by atoms with Crippen molar-refractivity contribution in [3.63, 3.8) is 0 Å². The van der Waals surface area contributed by atoms with Crippen molar-refractivity contribution in [3.8, 4) is 10.6 Å². The molecule has 0 aliphatic carbocycles. The van der Waals surface area contributed by atoms with E-state index in [1.54, 1.807) is 6.20 Å². The number of rotatable bonds is 4. The fourth-order valence-corrected chi connectivity index (χ4v) is 2.45. The lowest BCUT2D eigenvalue weighted by molar-refractivity contribution is 0.194. The van der Waals surface area contributed by atoms with Gasteiger partial charge in [-0.2, -0.15) is 0 Å². The summed E-state index contributed by atoms with van der Waals surface area (Å²) >= 11 is 1.49. The normalized spacial score (nSPS) is 10.2. The molecule has 6 heteroatoms. The Bertz CT molecular complexity index is 564. The predicted molar refractivity (Wildman–Crippen MR) is 76.7 cm³/mol. The van der Waals surface area contributed by atoms with Gasteiger partial charge in [-0.25, -0.2) is 9.78 Å². The molecule has 0 atom stereocenters. The van der Waals surface area contributed by atoms with E-state index in [4.69, 9.17) is 5.11 Å². The van der Waals surface area contributed by atoms with Crippen LogP contribution in [0, 0.1) is 0 Å². The van der Waals surface area contributed by atoms with Crippen LogP contribution < -0.4 is 10.2 Å². The second kappa shape index (κ2) is 5.71. The van der Waals surface area contributed by atoms with Crippen LogP contribution in [0.25, 0.3) is 10.6 Å². The summed E-state index contributed by atoms with van der Waals surface area (Å²) in [6.45, 7) is 0.294. The fraction of sp³-hybridized carbons (Fsp3) is 0.231. The Balaban J connectivity index is 2.11. The van der Waals surface area contributed by atoms with Crippen molar-refractivity contribution in [2.75, 3.05) is 19.0 Å². The second-order valence-electron chi connectivity index (χ2n) is 4.23. The molecule has 1 aromatic heterocycles. The molecule has 2 aromatic rings. The van der Waals surface area contributed by atoms with E-state index >= 15 is 0 Å². The van der Waals surface area contributed by atoms with Crippen LogP contribution >= 0.6 is 11.3 Å². The quantitative estimate of drug-likeness (QED) is 0.901. The fourth-order valence-electron chi connectivity index (χ4n) is 1.59. The lowest BCUT2D eigenvalue weighted by atomic mass is 10.2. The van der Waals surface area contributed by atoms with E-state index in [1.807, 2.05) is 43.3 Å². The molecule has 0 saturated heterocycles. The van der Waals surface area contributed by atoms with Crippen molar-refractivity contribution in [2.45, 2.75) is 6.54 Å². The summed E-state index contributed by atoms with van der Waals surface area (Å²) < 4.78 is 0. The molecule has 1 heterocycles. The smallest absolute Gasteiger partial charge is 0.404 e. The zero-order valence-electron chi connectivity index (χ0n) is 10.8. The molecule has 0 spiro atoms. The van der Waals surface area contributed by atoms with Crippen LogP contribution in [0.1, 0.15) is 4.88 Å². The molecule has 0 saturated carbocycles. The van der Waals surface area contributed by atoms with Crippen molar-refractivity contribution in [2.24, 2.45) is 0 Å². The number of nitrogens with zero attached hydrogens (tertiary/aromatic N) is 2. The maximum absolute atomic E-state index is 10.4. The lowest BCUT2D eigenvalue weighted by Gasteiger charge is -2.11. The van der Waals surface area contributed by atoms with E-state index in [0.717, 1.165) is 21.1 Å². The molecule has 1 amide bonds. The predicted octanol–water partition coefficient (Wildman–Crippen LogP) is 2.64. The molecular weight excluding hydrogens is 262 g/mol. The molecule has 0 aliphatic heterocycles. The topological polar surface area (TPSA) is 65.5 Å². The summed E-state index contributed by atoms with van der Waals surface area (Å²) in [5, 5.41) is 11.8. The van der Waals surface area contributed by atoms with Crippen molar-refractivity contribution in [1.82, 2.24) is 10.3 Å². The molecule has 2 N–H and O–H groups in total.